The number of aromatic nitrogens is 10. The second-order valence-corrected chi connectivity index (χ2v) is 57.6. The van der Waals surface area contributed by atoms with Crippen molar-refractivity contribution < 1.29 is 93.9 Å². The van der Waals surface area contributed by atoms with Crippen LogP contribution in [0.3, 0.4) is 0 Å². The summed E-state index contributed by atoms with van der Waals surface area (Å²) in [4.78, 5) is 42.7. The molecule has 0 atom stereocenters. The van der Waals surface area contributed by atoms with Crippen LogP contribution in [0.5, 0.6) is 11.5 Å². The Morgan fingerprint density at radius 3 is 1.00 bits per heavy atom. The van der Waals surface area contributed by atoms with Gasteiger partial charge in [-0.05, 0) is 142 Å². The Kier molecular flexibility index (Phi) is 44.1. The number of hydrogen-bond acceptors (Lipinski definition) is 11. The van der Waals surface area contributed by atoms with Gasteiger partial charge in [0.1, 0.15) is 17.6 Å². The van der Waals surface area contributed by atoms with Crippen LogP contribution in [0, 0.1) is 116 Å². The summed E-state index contributed by atoms with van der Waals surface area (Å²) >= 11 is 0. The average molecular weight is 2630 g/mol. The SMILES string of the molecule is Cc1[c-]c(-c2cc(C)c([Si](C)(C)C)cn2)cc(C)c1.Cc1c[c-]c(-c2ccccn2)c(C)n1.Cc1cc(-c2[c-]cc3ccccc3c2)ncc1[Si](C)(C)C.Cc1cc(-c2[c-]cc3ccccc3c2)ncc1[Si](C)(C)C.Cc1cc(-c2[c-]ccc(Oc3ccccc3)c2)ncc1[Si](C)(C)C.Fc1c[c-]c(-c2ccccn2)c(F)n1.[Ir].[Ir].[Ir].[Ir].[c-]1ccccc1-c1ccccn1.[c-]1ccccc1-c1ccccn1. The monoisotopic (exact) mass is 2630 g/mol. The molecule has 19 rings (SSSR count). The minimum atomic E-state index is -1.36. The minimum absolute atomic E-state index is 0. The van der Waals surface area contributed by atoms with Crippen molar-refractivity contribution in [1.82, 2.24) is 49.8 Å². The quantitative estimate of drug-likeness (QED) is 0.0584. The fraction of sp³-hybridized carbons (Fsp3) is 0.167. The van der Waals surface area contributed by atoms with Crippen molar-refractivity contribution in [2.24, 2.45) is 0 Å². The molecule has 0 N–H and O–H groups in total. The molecule has 0 aliphatic rings. The van der Waals surface area contributed by atoms with Crippen LogP contribution in [-0.4, -0.2) is 82.1 Å². The van der Waals surface area contributed by atoms with Crippen LogP contribution in [0.15, 0.2) is 341 Å². The van der Waals surface area contributed by atoms with E-state index in [1.807, 2.05) is 190 Å². The number of aryl methyl sites for hydroxylation is 8. The Bertz CT molecular complexity index is 6780. The molecule has 0 saturated carbocycles. The molecular formula is C120H116F2Ir4N10OSi4-8. The van der Waals surface area contributed by atoms with Crippen LogP contribution in [0.1, 0.15) is 44.8 Å². The van der Waals surface area contributed by atoms with E-state index in [2.05, 4.69) is 334 Å². The molecule has 141 heavy (non-hydrogen) atoms. The Morgan fingerprint density at radius 1 is 0.270 bits per heavy atom. The second kappa shape index (κ2) is 54.4. The summed E-state index contributed by atoms with van der Waals surface area (Å²) in [7, 11) is -5.29. The van der Waals surface area contributed by atoms with E-state index in [0.29, 0.717) is 5.69 Å². The third-order valence-corrected chi connectivity index (χ3v) is 30.6. The van der Waals surface area contributed by atoms with Gasteiger partial charge in [-0.15, -0.1) is 219 Å². The maximum Gasteiger partial charge on any atom is 0.128 e. The Labute approximate surface area is 891 Å². The minimum Gasteiger partial charge on any atom is -0.477 e. The standard InChI is InChI=1S/C21H22NOSi.2C19H20NSi.C17H22NSi.C12H11N2.2C11H8N.C10H5F2N2.4Ir/c1-16-13-20(22-15-21(16)24(2,3)4)17-9-8-12-19(14-17)23-18-10-6-5-7-11-18;2*1-14-11-18(20-13-19(14)21(2,3)4)17-10-9-15-7-5-6-8-16(15)12-17;1-12-7-13(2)9-15(8-12)16-10-14(3)17(11-18-16)19(4,5)6;1-9-6-7-11(10(2)14-9)12-5-3-4-8-13-12;2*1-2-6-10(7-3-1)11-8-4-5-9-12-11;11-9-5-4-7(10(12)14-9)8-3-1-2-6-13-8;;;;/h5-8,10-15H,1-4H3;2*5-9,11-13H,1-4H3;7-8,10-11H,1-6H3;3-6,8H,1-2H3;2*1-6,8-9H;1-3,5-6H;;;;/q8*-1;;;;. The zero-order valence-corrected chi connectivity index (χ0v) is 96.9. The first-order valence-electron chi connectivity index (χ1n) is 45.7. The van der Waals surface area contributed by atoms with Crippen molar-refractivity contribution in [2.45, 2.75) is 134 Å². The number of pyridine rings is 10. The molecule has 0 aliphatic carbocycles. The molecule has 10 heterocycles. The number of para-hydroxylation sites is 1. The number of benzene rings is 9. The normalized spacial score (nSPS) is 10.7. The number of ether oxygens (including phenoxy) is 1. The molecule has 0 spiro atoms. The number of halogens is 2. The predicted octanol–water partition coefficient (Wildman–Crippen LogP) is 28.2. The second-order valence-electron chi connectivity index (χ2n) is 37.4. The first kappa shape index (κ1) is 114. The first-order valence-corrected chi connectivity index (χ1v) is 59.7. The van der Waals surface area contributed by atoms with Crippen LogP contribution in [0.2, 0.25) is 78.6 Å². The number of fused-ring (bicyclic) bond motifs is 2. The molecule has 0 amide bonds. The van der Waals surface area contributed by atoms with Gasteiger partial charge in [-0.25, -0.2) is 8.78 Å². The molecule has 4 radical (unpaired) electrons. The summed E-state index contributed by atoms with van der Waals surface area (Å²) < 4.78 is 31.5. The van der Waals surface area contributed by atoms with Crippen LogP contribution in [0.25, 0.3) is 112 Å². The van der Waals surface area contributed by atoms with Gasteiger partial charge in [0.15, 0.2) is 0 Å². The predicted molar refractivity (Wildman–Crippen MR) is 575 cm³/mol. The maximum atomic E-state index is 13.1. The number of rotatable bonds is 14. The van der Waals surface area contributed by atoms with Gasteiger partial charge in [0, 0.05) is 136 Å². The fourth-order valence-corrected chi connectivity index (χ4v) is 22.3. The van der Waals surface area contributed by atoms with Gasteiger partial charge in [-0.1, -0.05) is 290 Å². The van der Waals surface area contributed by atoms with Gasteiger partial charge in [0.05, 0.1) is 32.3 Å². The fourth-order valence-electron chi connectivity index (χ4n) is 15.4. The van der Waals surface area contributed by atoms with Gasteiger partial charge in [0.25, 0.3) is 0 Å². The molecule has 0 fully saturated rings. The topological polar surface area (TPSA) is 138 Å². The Morgan fingerprint density at radius 2 is 0.631 bits per heavy atom. The molecule has 11 nitrogen and oxygen atoms in total. The van der Waals surface area contributed by atoms with Crippen LogP contribution < -0.4 is 25.5 Å². The van der Waals surface area contributed by atoms with E-state index in [4.69, 9.17) is 4.74 Å². The summed E-state index contributed by atoms with van der Waals surface area (Å²) in [5, 5.41) is 10.6. The third kappa shape index (κ3) is 34.2. The number of hydrogen-bond donors (Lipinski definition) is 0. The smallest absolute Gasteiger partial charge is 0.128 e. The van der Waals surface area contributed by atoms with E-state index < -0.39 is 44.2 Å². The summed E-state index contributed by atoms with van der Waals surface area (Å²) in [5.74, 6) is -0.164. The van der Waals surface area contributed by atoms with Gasteiger partial charge >= 0.3 is 0 Å². The Balaban J connectivity index is 0.000000199. The van der Waals surface area contributed by atoms with Crippen LogP contribution in [-0.2, 0) is 80.4 Å². The van der Waals surface area contributed by atoms with Gasteiger partial charge in [0.2, 0.25) is 0 Å². The van der Waals surface area contributed by atoms with Crippen LogP contribution in [0.4, 0.5) is 8.78 Å². The first-order chi connectivity index (χ1) is 65.6. The van der Waals surface area contributed by atoms with Crippen molar-refractivity contribution in [3.63, 3.8) is 0 Å². The molecule has 10 aromatic heterocycles. The molecule has 0 saturated heterocycles. The van der Waals surface area contributed by atoms with Crippen molar-refractivity contribution in [3.8, 4) is 102 Å². The van der Waals surface area contributed by atoms with Gasteiger partial charge in [-0.2, -0.15) is 0 Å². The largest absolute Gasteiger partial charge is 0.477 e. The van der Waals surface area contributed by atoms with E-state index in [9.17, 15) is 8.78 Å². The summed E-state index contributed by atoms with van der Waals surface area (Å²) in [6.45, 7) is 45.2. The molecule has 0 bridgehead atoms. The van der Waals surface area contributed by atoms with Crippen molar-refractivity contribution in [3.05, 3.63) is 446 Å². The molecule has 9 aromatic carbocycles. The van der Waals surface area contributed by atoms with Gasteiger partial charge < -0.3 is 49.6 Å². The van der Waals surface area contributed by atoms with E-state index in [1.165, 1.54) is 81.9 Å². The number of nitrogens with zero attached hydrogens (tertiary/aromatic N) is 10. The zero-order valence-electron chi connectivity index (χ0n) is 83.3. The van der Waals surface area contributed by atoms with Gasteiger partial charge in [-0.3, -0.25) is 4.98 Å². The maximum absolute atomic E-state index is 13.1. The van der Waals surface area contributed by atoms with Crippen molar-refractivity contribution >= 4 is 74.6 Å². The van der Waals surface area contributed by atoms with E-state index in [1.54, 1.807) is 36.8 Å². The molecule has 726 valence electrons. The Hall–Kier alpha value is -11.9. The van der Waals surface area contributed by atoms with E-state index in [-0.39, 0.29) is 86.0 Å². The average Bonchev–Trinajstić information content (AvgIpc) is 0.817. The van der Waals surface area contributed by atoms with E-state index >= 15 is 0 Å². The van der Waals surface area contributed by atoms with Crippen LogP contribution >= 0.6 is 0 Å². The zero-order chi connectivity index (χ0) is 97.8. The van der Waals surface area contributed by atoms with E-state index in [0.717, 1.165) is 108 Å². The molecular weight excluding hydrogens is 2520 g/mol. The molecule has 19 aromatic rings. The molecule has 21 heteroatoms. The summed E-state index contributed by atoms with van der Waals surface area (Å²) in [6, 6.07) is 120. The molecule has 0 aliphatic heterocycles. The summed E-state index contributed by atoms with van der Waals surface area (Å²) in [6.07, 6.45) is 15.1. The van der Waals surface area contributed by atoms with Crippen molar-refractivity contribution in [2.75, 3.05) is 0 Å². The van der Waals surface area contributed by atoms with Crippen molar-refractivity contribution in [1.29, 1.82) is 0 Å². The molecule has 0 unspecified atom stereocenters. The third-order valence-electron chi connectivity index (χ3n) is 22.1. The summed E-state index contributed by atoms with van der Waals surface area (Å²) in [5.41, 5.74) is 24.3.